The molecular formula is C20H26N4OS. The van der Waals surface area contributed by atoms with Crippen LogP contribution in [0.3, 0.4) is 0 Å². The van der Waals surface area contributed by atoms with Crippen LogP contribution in [0, 0.1) is 5.92 Å². The Morgan fingerprint density at radius 3 is 2.42 bits per heavy atom. The highest BCUT2D eigenvalue weighted by Crippen LogP contribution is 2.23. The minimum absolute atomic E-state index is 0.202. The monoisotopic (exact) mass is 370 g/mol. The first-order valence-electron chi connectivity index (χ1n) is 9.49. The number of aromatic nitrogens is 1. The number of piperidine rings is 1. The van der Waals surface area contributed by atoms with Gasteiger partial charge < -0.3 is 9.80 Å². The molecule has 5 nitrogen and oxygen atoms in total. The van der Waals surface area contributed by atoms with E-state index in [1.54, 1.807) is 11.3 Å². The zero-order chi connectivity index (χ0) is 17.8. The number of carbonyl (C=O) groups excluding carboxylic acids is 1. The summed E-state index contributed by atoms with van der Waals surface area (Å²) in [5.41, 5.74) is 1.36. The summed E-state index contributed by atoms with van der Waals surface area (Å²) in [7, 11) is 0. The van der Waals surface area contributed by atoms with Gasteiger partial charge in [-0.1, -0.05) is 30.3 Å². The summed E-state index contributed by atoms with van der Waals surface area (Å²) in [5.74, 6) is 0.566. The van der Waals surface area contributed by atoms with Gasteiger partial charge in [0.25, 0.3) is 0 Å². The predicted octanol–water partition coefficient (Wildman–Crippen LogP) is 2.70. The Kier molecular flexibility index (Phi) is 5.51. The van der Waals surface area contributed by atoms with Crippen LogP contribution >= 0.6 is 11.3 Å². The van der Waals surface area contributed by atoms with Crippen LogP contribution in [0.5, 0.6) is 0 Å². The highest BCUT2D eigenvalue weighted by Gasteiger charge is 2.30. The standard InChI is InChI=1S/C20H26N4OS/c25-19(23-11-13-24(14-12-23)20-21-8-15-26-20)18-6-9-22(10-7-18)16-17-4-2-1-3-5-17/h1-5,8,15,18H,6-7,9-14,16H2. The molecule has 2 saturated heterocycles. The van der Waals surface area contributed by atoms with E-state index in [4.69, 9.17) is 0 Å². The zero-order valence-corrected chi connectivity index (χ0v) is 15.9. The van der Waals surface area contributed by atoms with Crippen LogP contribution in [0.25, 0.3) is 0 Å². The molecule has 0 unspecified atom stereocenters. The molecule has 0 aliphatic carbocycles. The van der Waals surface area contributed by atoms with E-state index in [2.05, 4.69) is 50.0 Å². The fourth-order valence-electron chi connectivity index (χ4n) is 3.93. The smallest absolute Gasteiger partial charge is 0.225 e. The van der Waals surface area contributed by atoms with Gasteiger partial charge >= 0.3 is 0 Å². The number of hydrogen-bond donors (Lipinski definition) is 0. The van der Waals surface area contributed by atoms with Crippen molar-refractivity contribution in [1.82, 2.24) is 14.8 Å². The third kappa shape index (κ3) is 4.07. The highest BCUT2D eigenvalue weighted by atomic mass is 32.1. The fraction of sp³-hybridized carbons (Fsp3) is 0.500. The number of nitrogens with zero attached hydrogens (tertiary/aromatic N) is 4. The van der Waals surface area contributed by atoms with E-state index in [0.717, 1.165) is 63.8 Å². The molecule has 0 saturated carbocycles. The molecule has 0 bridgehead atoms. The molecule has 0 spiro atoms. The van der Waals surface area contributed by atoms with Crippen LogP contribution in [0.4, 0.5) is 5.13 Å². The molecule has 0 atom stereocenters. The first-order chi connectivity index (χ1) is 12.8. The molecule has 0 N–H and O–H groups in total. The molecule has 2 fully saturated rings. The number of carbonyl (C=O) groups is 1. The minimum atomic E-state index is 0.202. The lowest BCUT2D eigenvalue weighted by Gasteiger charge is -2.38. The molecule has 2 aromatic rings. The van der Waals surface area contributed by atoms with Crippen LogP contribution < -0.4 is 4.90 Å². The minimum Gasteiger partial charge on any atom is -0.345 e. The molecular weight excluding hydrogens is 344 g/mol. The third-order valence-corrected chi connectivity index (χ3v) is 6.30. The molecule has 1 aromatic heterocycles. The molecule has 4 rings (SSSR count). The summed E-state index contributed by atoms with van der Waals surface area (Å²) in [4.78, 5) is 24.1. The van der Waals surface area contributed by atoms with Gasteiger partial charge in [0.1, 0.15) is 0 Å². The summed E-state index contributed by atoms with van der Waals surface area (Å²) >= 11 is 1.67. The summed E-state index contributed by atoms with van der Waals surface area (Å²) < 4.78 is 0. The molecule has 2 aliphatic heterocycles. The first-order valence-corrected chi connectivity index (χ1v) is 10.4. The summed E-state index contributed by atoms with van der Waals surface area (Å²) in [5, 5.41) is 3.09. The second-order valence-corrected chi connectivity index (χ2v) is 8.04. The normalized spacial score (nSPS) is 19.7. The van der Waals surface area contributed by atoms with E-state index in [1.165, 1.54) is 5.56 Å². The summed E-state index contributed by atoms with van der Waals surface area (Å²) in [6.07, 6.45) is 3.82. The number of rotatable bonds is 4. The molecule has 6 heteroatoms. The Bertz CT molecular complexity index is 690. The van der Waals surface area contributed by atoms with E-state index in [0.29, 0.717) is 5.91 Å². The molecule has 138 valence electrons. The first kappa shape index (κ1) is 17.5. The molecule has 3 heterocycles. The Morgan fingerprint density at radius 1 is 1.04 bits per heavy atom. The molecule has 1 aromatic carbocycles. The van der Waals surface area contributed by atoms with E-state index in [9.17, 15) is 4.79 Å². The number of hydrogen-bond acceptors (Lipinski definition) is 5. The van der Waals surface area contributed by atoms with Crippen LogP contribution in [0.15, 0.2) is 41.9 Å². The molecule has 0 radical (unpaired) electrons. The van der Waals surface area contributed by atoms with Crippen molar-refractivity contribution in [3.8, 4) is 0 Å². The van der Waals surface area contributed by atoms with E-state index < -0.39 is 0 Å². The van der Waals surface area contributed by atoms with Crippen molar-refractivity contribution in [2.24, 2.45) is 5.92 Å². The quantitative estimate of drug-likeness (QED) is 0.830. The molecule has 26 heavy (non-hydrogen) atoms. The summed E-state index contributed by atoms with van der Waals surface area (Å²) in [6, 6.07) is 10.6. The van der Waals surface area contributed by atoms with Crippen molar-refractivity contribution in [1.29, 1.82) is 0 Å². The van der Waals surface area contributed by atoms with Gasteiger partial charge in [-0.25, -0.2) is 4.98 Å². The average Bonchev–Trinajstić information content (AvgIpc) is 3.24. The van der Waals surface area contributed by atoms with Crippen molar-refractivity contribution in [3.05, 3.63) is 47.5 Å². The second-order valence-electron chi connectivity index (χ2n) is 7.16. The fourth-order valence-corrected chi connectivity index (χ4v) is 4.62. The van der Waals surface area contributed by atoms with E-state index in [-0.39, 0.29) is 5.92 Å². The van der Waals surface area contributed by atoms with Crippen LogP contribution in [0.1, 0.15) is 18.4 Å². The van der Waals surface area contributed by atoms with Gasteiger partial charge in [-0.2, -0.15) is 0 Å². The third-order valence-electron chi connectivity index (χ3n) is 5.47. The van der Waals surface area contributed by atoms with Crippen molar-refractivity contribution >= 4 is 22.4 Å². The molecule has 1 amide bonds. The van der Waals surface area contributed by atoms with Gasteiger partial charge in [-0.05, 0) is 31.5 Å². The van der Waals surface area contributed by atoms with Gasteiger partial charge in [0.05, 0.1) is 0 Å². The lowest BCUT2D eigenvalue weighted by molar-refractivity contribution is -0.137. The van der Waals surface area contributed by atoms with Gasteiger partial charge in [0.15, 0.2) is 5.13 Å². The van der Waals surface area contributed by atoms with Crippen LogP contribution in [0.2, 0.25) is 0 Å². The van der Waals surface area contributed by atoms with Crippen molar-refractivity contribution in [2.75, 3.05) is 44.2 Å². The van der Waals surface area contributed by atoms with Gasteiger partial charge in [0.2, 0.25) is 5.91 Å². The number of likely N-dealkylation sites (tertiary alicyclic amines) is 1. The Hall–Kier alpha value is -1.92. The Morgan fingerprint density at radius 2 is 1.77 bits per heavy atom. The SMILES string of the molecule is O=C(C1CCN(Cc2ccccc2)CC1)N1CCN(c2nccs2)CC1. The molecule has 2 aliphatic rings. The van der Waals surface area contributed by atoms with Gasteiger partial charge in [0, 0.05) is 50.2 Å². The number of benzene rings is 1. The highest BCUT2D eigenvalue weighted by molar-refractivity contribution is 7.13. The van der Waals surface area contributed by atoms with E-state index in [1.807, 2.05) is 11.6 Å². The van der Waals surface area contributed by atoms with Crippen LogP contribution in [-0.4, -0.2) is 60.0 Å². The predicted molar refractivity (Wildman–Crippen MR) is 105 cm³/mol. The lowest BCUT2D eigenvalue weighted by Crippen LogP contribution is -2.51. The second kappa shape index (κ2) is 8.18. The maximum absolute atomic E-state index is 12.9. The Balaban J connectivity index is 1.24. The maximum atomic E-state index is 12.9. The average molecular weight is 371 g/mol. The number of piperazine rings is 1. The van der Waals surface area contributed by atoms with Crippen molar-refractivity contribution in [3.63, 3.8) is 0 Å². The lowest BCUT2D eigenvalue weighted by atomic mass is 9.94. The van der Waals surface area contributed by atoms with Crippen LogP contribution in [-0.2, 0) is 11.3 Å². The van der Waals surface area contributed by atoms with Gasteiger partial charge in [-0.15, -0.1) is 11.3 Å². The summed E-state index contributed by atoms with van der Waals surface area (Å²) in [6.45, 7) is 6.46. The van der Waals surface area contributed by atoms with E-state index >= 15 is 0 Å². The largest absolute Gasteiger partial charge is 0.345 e. The number of thiazole rings is 1. The van der Waals surface area contributed by atoms with Crippen molar-refractivity contribution < 1.29 is 4.79 Å². The van der Waals surface area contributed by atoms with Gasteiger partial charge in [-0.3, -0.25) is 9.69 Å². The van der Waals surface area contributed by atoms with Crippen molar-refractivity contribution in [2.45, 2.75) is 19.4 Å². The number of amides is 1. The topological polar surface area (TPSA) is 39.7 Å². The number of anilines is 1. The maximum Gasteiger partial charge on any atom is 0.225 e. The Labute approximate surface area is 159 Å². The zero-order valence-electron chi connectivity index (χ0n) is 15.1.